The summed E-state index contributed by atoms with van der Waals surface area (Å²) in [5, 5.41) is 20.2. The van der Waals surface area contributed by atoms with Crippen LogP contribution in [0.5, 0.6) is 0 Å². The number of likely N-dealkylation sites (N-methyl/N-ethyl adjacent to an activating group) is 3. The summed E-state index contributed by atoms with van der Waals surface area (Å²) in [5.41, 5.74) is 0. The molecule has 0 saturated carbocycles. The van der Waals surface area contributed by atoms with Crippen molar-refractivity contribution in [2.45, 2.75) is 229 Å². The van der Waals surface area contributed by atoms with E-state index >= 15 is 0 Å². The maximum atomic E-state index is 14.8. The standard InChI is InChI=1S/C62H105N7O13/c1-20-22-23-39(13)56(75)44-32-52(73)55(38(11)12)68(18)61(80)42(26-34(3)4)30-51(72)47(28-36(7)8)66(16)60(79)41(15)63-57(76)40(14)29-50(71)46(27-35(5)6)67(17)62(81)54(37(9)10)65-59(78)48-31-43(82-19)33-69(48)53(74)25-24-49(70)45(21-2)64-58(44)77/h20,22,34-48,54-56,75H,21,23-33H2,1-19H3,(H,63,76)(H,64,77)(H,65,78)/b22-20+/t39-,40-,41-,42-,43-,44+,45+,46+,47+,48+,54+,55+,56-/m1/s1. The molecule has 0 aromatic rings. The number of carbonyl (C=O) groups excluding carboxylic acids is 11. The summed E-state index contributed by atoms with van der Waals surface area (Å²) in [5.74, 6) is -11.0. The van der Waals surface area contributed by atoms with Gasteiger partial charge in [-0.05, 0) is 81.5 Å². The van der Waals surface area contributed by atoms with Crippen LogP contribution in [-0.2, 0) is 57.5 Å². The number of ether oxygens (including phenoxy) is 1. The van der Waals surface area contributed by atoms with Crippen molar-refractivity contribution >= 4 is 64.5 Å². The van der Waals surface area contributed by atoms with Crippen molar-refractivity contribution in [1.82, 2.24) is 35.6 Å². The highest BCUT2D eigenvalue weighted by Crippen LogP contribution is 2.29. The van der Waals surface area contributed by atoms with Gasteiger partial charge in [0.25, 0.3) is 0 Å². The molecule has 7 amide bonds. The third-order valence-corrected chi connectivity index (χ3v) is 16.4. The maximum Gasteiger partial charge on any atom is 0.245 e. The fourth-order valence-electron chi connectivity index (χ4n) is 11.4. The first-order valence-electron chi connectivity index (χ1n) is 30.1. The largest absolute Gasteiger partial charge is 0.392 e. The number of hydrogen-bond acceptors (Lipinski definition) is 13. The van der Waals surface area contributed by atoms with Gasteiger partial charge in [-0.25, -0.2) is 0 Å². The summed E-state index contributed by atoms with van der Waals surface area (Å²) in [6, 6.07) is -7.63. The van der Waals surface area contributed by atoms with Crippen molar-refractivity contribution in [1.29, 1.82) is 0 Å². The highest BCUT2D eigenvalue weighted by molar-refractivity contribution is 5.99. The molecule has 4 N–H and O–H groups in total. The number of nitrogens with one attached hydrogen (secondary N) is 3. The van der Waals surface area contributed by atoms with Crippen molar-refractivity contribution in [3.63, 3.8) is 0 Å². The third kappa shape index (κ3) is 20.8. The summed E-state index contributed by atoms with van der Waals surface area (Å²) < 4.78 is 5.61. The van der Waals surface area contributed by atoms with E-state index in [2.05, 4.69) is 16.0 Å². The Bertz CT molecular complexity index is 2250. The lowest BCUT2D eigenvalue weighted by atomic mass is 9.82. The Morgan fingerprint density at radius 1 is 0.622 bits per heavy atom. The minimum absolute atomic E-state index is 0.0163. The fraction of sp³-hybridized carbons (Fsp3) is 0.790. The average Bonchev–Trinajstić information content (AvgIpc) is 3.85. The van der Waals surface area contributed by atoms with Gasteiger partial charge in [-0.15, -0.1) is 0 Å². The molecule has 2 fully saturated rings. The molecule has 0 aromatic heterocycles. The van der Waals surface area contributed by atoms with E-state index in [9.17, 15) is 57.8 Å². The zero-order valence-corrected chi connectivity index (χ0v) is 53.2. The van der Waals surface area contributed by atoms with Crippen LogP contribution >= 0.6 is 0 Å². The molecule has 2 aliphatic rings. The Morgan fingerprint density at radius 2 is 1.17 bits per heavy atom. The van der Waals surface area contributed by atoms with Gasteiger partial charge >= 0.3 is 0 Å². The Hall–Kier alpha value is -5.37. The summed E-state index contributed by atoms with van der Waals surface area (Å²) in [4.78, 5) is 163. The molecule has 466 valence electrons. The van der Waals surface area contributed by atoms with E-state index in [0.29, 0.717) is 6.42 Å². The number of carbonyl (C=O) groups is 11. The number of nitrogens with zero attached hydrogens (tertiary/aromatic N) is 4. The maximum absolute atomic E-state index is 14.8. The molecule has 0 spiro atoms. The smallest absolute Gasteiger partial charge is 0.245 e. The predicted octanol–water partition coefficient (Wildman–Crippen LogP) is 5.49. The molecule has 2 aliphatic heterocycles. The van der Waals surface area contributed by atoms with Crippen LogP contribution in [-0.4, -0.2) is 178 Å². The number of amides is 7. The van der Waals surface area contributed by atoms with Gasteiger partial charge in [-0.1, -0.05) is 102 Å². The summed E-state index contributed by atoms with van der Waals surface area (Å²) in [6.45, 7) is 26.7. The quantitative estimate of drug-likeness (QED) is 0.157. The molecule has 0 aliphatic carbocycles. The predicted molar refractivity (Wildman–Crippen MR) is 314 cm³/mol. The average molecular weight is 1160 g/mol. The monoisotopic (exact) mass is 1160 g/mol. The topological polar surface area (TPSA) is 266 Å². The van der Waals surface area contributed by atoms with Gasteiger partial charge < -0.3 is 45.4 Å². The molecule has 2 heterocycles. The molecule has 2 rings (SSSR count). The van der Waals surface area contributed by atoms with Crippen molar-refractivity contribution in [2.24, 2.45) is 53.3 Å². The molecule has 0 bridgehead atoms. The van der Waals surface area contributed by atoms with Gasteiger partial charge in [0, 0.05) is 85.2 Å². The van der Waals surface area contributed by atoms with Crippen LogP contribution < -0.4 is 16.0 Å². The van der Waals surface area contributed by atoms with Gasteiger partial charge in [0.15, 0.2) is 23.1 Å². The second-order valence-electron chi connectivity index (χ2n) is 25.5. The van der Waals surface area contributed by atoms with Gasteiger partial charge in [0.2, 0.25) is 41.4 Å². The van der Waals surface area contributed by atoms with Crippen molar-refractivity contribution in [3.8, 4) is 0 Å². The Balaban J connectivity index is 2.84. The minimum Gasteiger partial charge on any atom is -0.392 e. The lowest BCUT2D eigenvalue weighted by molar-refractivity contribution is -0.147. The van der Waals surface area contributed by atoms with Crippen LogP contribution in [0.2, 0.25) is 0 Å². The van der Waals surface area contributed by atoms with Crippen molar-refractivity contribution in [3.05, 3.63) is 12.2 Å². The number of hydrogen-bond donors (Lipinski definition) is 4. The van der Waals surface area contributed by atoms with E-state index in [4.69, 9.17) is 4.74 Å². The molecule has 2 saturated heterocycles. The minimum atomic E-state index is -1.37. The fourth-order valence-corrected chi connectivity index (χ4v) is 11.4. The first-order valence-corrected chi connectivity index (χ1v) is 30.1. The first-order chi connectivity index (χ1) is 38.1. The molecule has 20 nitrogen and oxygen atoms in total. The number of methoxy groups -OCH3 is 1. The van der Waals surface area contributed by atoms with Crippen molar-refractivity contribution < 1.29 is 62.6 Å². The molecule has 82 heavy (non-hydrogen) atoms. The number of rotatable bonds is 14. The van der Waals surface area contributed by atoms with Crippen LogP contribution in [0.15, 0.2) is 12.2 Å². The third-order valence-electron chi connectivity index (χ3n) is 16.4. The number of fused-ring (bicyclic) bond motifs is 1. The van der Waals surface area contributed by atoms with E-state index < -0.39 is 161 Å². The van der Waals surface area contributed by atoms with Crippen LogP contribution in [0.25, 0.3) is 0 Å². The van der Waals surface area contributed by atoms with E-state index in [-0.39, 0.29) is 82.1 Å². The summed E-state index contributed by atoms with van der Waals surface area (Å²) >= 11 is 0. The molecular formula is C62H105N7O13. The zero-order chi connectivity index (χ0) is 62.8. The van der Waals surface area contributed by atoms with Gasteiger partial charge in [-0.2, -0.15) is 0 Å². The zero-order valence-electron chi connectivity index (χ0n) is 53.2. The van der Waals surface area contributed by atoms with Gasteiger partial charge in [0.05, 0.1) is 42.3 Å². The molecule has 13 atom stereocenters. The van der Waals surface area contributed by atoms with Crippen molar-refractivity contribution in [2.75, 3.05) is 34.8 Å². The summed E-state index contributed by atoms with van der Waals surface area (Å²) in [6.07, 6.45) is 1.23. The van der Waals surface area contributed by atoms with E-state index in [1.807, 2.05) is 54.5 Å². The number of ketones is 4. The lowest BCUT2D eigenvalue weighted by Crippen LogP contribution is -2.57. The Labute approximate surface area is 490 Å². The molecule has 0 unspecified atom stereocenters. The van der Waals surface area contributed by atoms with Gasteiger partial charge in [-0.3, -0.25) is 52.7 Å². The molecule has 0 radical (unpaired) electrons. The van der Waals surface area contributed by atoms with Crippen LogP contribution in [0.3, 0.4) is 0 Å². The molecule has 20 heteroatoms. The molecule has 0 aromatic carbocycles. The van der Waals surface area contributed by atoms with Crippen LogP contribution in [0.1, 0.15) is 174 Å². The van der Waals surface area contributed by atoms with E-state index in [1.54, 1.807) is 54.5 Å². The highest BCUT2D eigenvalue weighted by atomic mass is 16.5. The van der Waals surface area contributed by atoms with E-state index in [1.165, 1.54) is 54.8 Å². The van der Waals surface area contributed by atoms with Crippen LogP contribution in [0, 0.1) is 53.3 Å². The first kappa shape index (κ1) is 72.7. The number of aliphatic hydroxyl groups excluding tert-OH is 1. The van der Waals surface area contributed by atoms with E-state index in [0.717, 1.165) is 0 Å². The number of allylic oxidation sites excluding steroid dienone is 2. The second kappa shape index (κ2) is 33.8. The Morgan fingerprint density at radius 3 is 1.67 bits per heavy atom. The normalized spacial score (nSPS) is 28.9. The second-order valence-corrected chi connectivity index (χ2v) is 25.5. The lowest BCUT2D eigenvalue weighted by Gasteiger charge is -2.36. The number of Topliss-reactive ketones (excluding diaryl/α,β-unsaturated/α-hetero) is 4. The Kier molecular flexibility index (Phi) is 30.0. The number of aliphatic hydroxyl groups is 1. The molecular weight excluding hydrogens is 1050 g/mol. The summed E-state index contributed by atoms with van der Waals surface area (Å²) in [7, 11) is 5.89. The van der Waals surface area contributed by atoms with Crippen LogP contribution in [0.4, 0.5) is 0 Å². The van der Waals surface area contributed by atoms with Gasteiger partial charge in [0.1, 0.15) is 18.1 Å². The SMILES string of the molecule is C/C=C/C[C@@H](C)[C@@H](O)[C@@H]1CC(=O)[C@H](C(C)C)N(C)C(=O)[C@H](CC(C)C)CC(=O)[C@H](CC(C)C)N(C)C(=O)[C@@H](C)NC(=O)[C@H](C)CC(=O)[C@H](CC(C)C)N(C)C(=O)[C@H](C(C)C)NC(=O)[C@@H]2C[C@@H](OC)CN2C(=O)CCC(=O)[C@H](CC)NC1=O. The highest BCUT2D eigenvalue weighted by Gasteiger charge is 2.44.